The van der Waals surface area contributed by atoms with E-state index in [4.69, 9.17) is 15.2 Å². The number of aryl methyl sites for hydroxylation is 1. The molecule has 1 aromatic carbocycles. The van der Waals surface area contributed by atoms with Gasteiger partial charge in [-0.3, -0.25) is 4.79 Å². The number of nitrogens with one attached hydrogen (secondary N) is 1. The molecule has 0 saturated carbocycles. The molecule has 0 spiro atoms. The molecule has 1 saturated heterocycles. The first-order valence-electron chi connectivity index (χ1n) is 8.01. The van der Waals surface area contributed by atoms with Crippen LogP contribution in [0.4, 0.5) is 5.69 Å². The highest BCUT2D eigenvalue weighted by Crippen LogP contribution is 2.22. The number of carbonyl (C=O) groups excluding carboxylic acids is 1. The van der Waals surface area contributed by atoms with Crippen LogP contribution in [0.2, 0.25) is 0 Å². The van der Waals surface area contributed by atoms with Crippen LogP contribution in [0, 0.1) is 6.92 Å². The Labute approximate surface area is 165 Å². The van der Waals surface area contributed by atoms with E-state index in [1.807, 2.05) is 31.2 Å². The predicted octanol–water partition coefficient (Wildman–Crippen LogP) is 3.47. The Hall–Kier alpha value is -1.86. The topological polar surface area (TPSA) is 86.5 Å². The minimum atomic E-state index is -0.443. The summed E-state index contributed by atoms with van der Waals surface area (Å²) in [7, 11) is 0. The summed E-state index contributed by atoms with van der Waals surface area (Å²) in [6, 6.07) is 11.2. The van der Waals surface area contributed by atoms with Crippen molar-refractivity contribution in [2.24, 2.45) is 5.73 Å². The molecule has 2 atom stereocenters. The van der Waals surface area contributed by atoms with Crippen molar-refractivity contribution in [2.45, 2.75) is 32.0 Å². The Morgan fingerprint density at radius 1 is 1.23 bits per heavy atom. The summed E-state index contributed by atoms with van der Waals surface area (Å²) in [4.78, 5) is 16.4. The lowest BCUT2D eigenvalue weighted by Crippen LogP contribution is -2.29. The van der Waals surface area contributed by atoms with Gasteiger partial charge in [0.2, 0.25) is 5.88 Å². The largest absolute Gasteiger partial charge is 0.439 e. The van der Waals surface area contributed by atoms with Crippen LogP contribution in [0.15, 0.2) is 42.6 Å². The van der Waals surface area contributed by atoms with Crippen molar-refractivity contribution in [2.75, 3.05) is 11.9 Å². The molecule has 1 amide bonds. The molecule has 8 heteroatoms. The van der Waals surface area contributed by atoms with E-state index in [1.165, 1.54) is 5.56 Å². The van der Waals surface area contributed by atoms with Crippen LogP contribution in [0.5, 0.6) is 11.6 Å². The number of carbonyl (C=O) groups is 1. The number of ether oxygens (including phenoxy) is 2. The Balaban J connectivity index is 0.00000169. The van der Waals surface area contributed by atoms with Crippen molar-refractivity contribution in [3.8, 4) is 11.6 Å². The molecule has 1 aliphatic heterocycles. The fourth-order valence-electron chi connectivity index (χ4n) is 2.54. The monoisotopic (exact) mass is 399 g/mol. The van der Waals surface area contributed by atoms with E-state index in [9.17, 15) is 4.79 Å². The van der Waals surface area contributed by atoms with E-state index < -0.39 is 6.10 Å². The molecule has 2 heterocycles. The number of aromatic nitrogens is 1. The standard InChI is InChI=1S/C18H21N3O3.2ClH/c1-12-2-5-14(6-3-12)24-17-9-4-13(11-20-17)21-18(22)16-8-7-15(10-19)23-16;;/h2-6,9,11,15-16H,7-8,10,19H2,1H3,(H,21,22);2*1H/t15-,16+;;/m1../s1. The highest BCUT2D eigenvalue weighted by molar-refractivity contribution is 5.94. The number of rotatable bonds is 5. The quantitative estimate of drug-likeness (QED) is 0.803. The molecule has 0 radical (unpaired) electrons. The normalized spacial score (nSPS) is 18.4. The number of pyridine rings is 1. The summed E-state index contributed by atoms with van der Waals surface area (Å²) < 4.78 is 11.2. The smallest absolute Gasteiger partial charge is 0.253 e. The van der Waals surface area contributed by atoms with Crippen LogP contribution in [-0.4, -0.2) is 29.6 Å². The van der Waals surface area contributed by atoms with Gasteiger partial charge in [-0.15, -0.1) is 24.8 Å². The maximum Gasteiger partial charge on any atom is 0.253 e. The number of hydrogen-bond acceptors (Lipinski definition) is 5. The number of anilines is 1. The molecule has 3 rings (SSSR count). The average molecular weight is 400 g/mol. The van der Waals surface area contributed by atoms with Gasteiger partial charge in [0.25, 0.3) is 5.91 Å². The molecule has 1 aliphatic rings. The molecule has 1 aromatic heterocycles. The molecule has 0 unspecified atom stereocenters. The van der Waals surface area contributed by atoms with Crippen molar-refractivity contribution in [1.82, 2.24) is 4.98 Å². The molecule has 3 N–H and O–H groups in total. The lowest BCUT2D eigenvalue weighted by Gasteiger charge is -2.12. The number of nitrogens with two attached hydrogens (primary N) is 1. The maximum absolute atomic E-state index is 12.1. The van der Waals surface area contributed by atoms with Gasteiger partial charge in [0, 0.05) is 12.6 Å². The fraction of sp³-hybridized carbons (Fsp3) is 0.333. The Kier molecular flexibility index (Phi) is 8.81. The Morgan fingerprint density at radius 3 is 2.54 bits per heavy atom. The van der Waals surface area contributed by atoms with Crippen molar-refractivity contribution in [1.29, 1.82) is 0 Å². The summed E-state index contributed by atoms with van der Waals surface area (Å²) in [5.74, 6) is 1.02. The van der Waals surface area contributed by atoms with Crippen molar-refractivity contribution < 1.29 is 14.3 Å². The molecule has 142 valence electrons. The zero-order valence-corrected chi connectivity index (χ0v) is 16.0. The minimum Gasteiger partial charge on any atom is -0.439 e. The second-order valence-corrected chi connectivity index (χ2v) is 5.85. The van der Waals surface area contributed by atoms with Crippen LogP contribution >= 0.6 is 24.8 Å². The van der Waals surface area contributed by atoms with Gasteiger partial charge in [-0.25, -0.2) is 4.98 Å². The van der Waals surface area contributed by atoms with Gasteiger partial charge in [-0.2, -0.15) is 0 Å². The lowest BCUT2D eigenvalue weighted by molar-refractivity contribution is -0.126. The zero-order valence-electron chi connectivity index (χ0n) is 14.4. The molecule has 0 bridgehead atoms. The van der Waals surface area contributed by atoms with E-state index in [-0.39, 0.29) is 36.8 Å². The summed E-state index contributed by atoms with van der Waals surface area (Å²) in [5, 5.41) is 2.80. The van der Waals surface area contributed by atoms with E-state index in [0.29, 0.717) is 24.5 Å². The van der Waals surface area contributed by atoms with Crippen molar-refractivity contribution >= 4 is 36.4 Å². The summed E-state index contributed by atoms with van der Waals surface area (Å²) >= 11 is 0. The third-order valence-corrected chi connectivity index (χ3v) is 3.91. The summed E-state index contributed by atoms with van der Waals surface area (Å²) in [6.07, 6.45) is 2.61. The van der Waals surface area contributed by atoms with Gasteiger partial charge in [0.05, 0.1) is 18.0 Å². The highest BCUT2D eigenvalue weighted by Gasteiger charge is 2.29. The van der Waals surface area contributed by atoms with E-state index >= 15 is 0 Å². The minimum absolute atomic E-state index is 0. The van der Waals surface area contributed by atoms with Crippen LogP contribution in [0.3, 0.4) is 0 Å². The number of amides is 1. The van der Waals surface area contributed by atoms with E-state index in [1.54, 1.807) is 18.3 Å². The highest BCUT2D eigenvalue weighted by atomic mass is 35.5. The van der Waals surface area contributed by atoms with E-state index in [2.05, 4.69) is 10.3 Å². The fourth-order valence-corrected chi connectivity index (χ4v) is 2.54. The lowest BCUT2D eigenvalue weighted by atomic mass is 10.2. The van der Waals surface area contributed by atoms with Crippen molar-refractivity contribution in [3.05, 3.63) is 48.2 Å². The second kappa shape index (κ2) is 10.3. The van der Waals surface area contributed by atoms with Gasteiger partial charge in [-0.1, -0.05) is 17.7 Å². The van der Waals surface area contributed by atoms with Crippen LogP contribution in [0.1, 0.15) is 18.4 Å². The number of nitrogens with zero attached hydrogens (tertiary/aromatic N) is 1. The third-order valence-electron chi connectivity index (χ3n) is 3.91. The van der Waals surface area contributed by atoms with Gasteiger partial charge >= 0.3 is 0 Å². The molecule has 6 nitrogen and oxygen atoms in total. The first-order valence-corrected chi connectivity index (χ1v) is 8.01. The Morgan fingerprint density at radius 2 is 1.96 bits per heavy atom. The maximum atomic E-state index is 12.1. The third kappa shape index (κ3) is 5.85. The van der Waals surface area contributed by atoms with Gasteiger partial charge in [0.1, 0.15) is 11.9 Å². The molecule has 26 heavy (non-hydrogen) atoms. The summed E-state index contributed by atoms with van der Waals surface area (Å²) in [6.45, 7) is 2.46. The number of halogens is 2. The van der Waals surface area contributed by atoms with Crippen LogP contribution in [-0.2, 0) is 9.53 Å². The molecular weight excluding hydrogens is 377 g/mol. The van der Waals surface area contributed by atoms with Gasteiger partial charge in [-0.05, 0) is 38.0 Å². The van der Waals surface area contributed by atoms with E-state index in [0.717, 1.165) is 12.2 Å². The summed E-state index contributed by atoms with van der Waals surface area (Å²) in [5.41, 5.74) is 7.33. The second-order valence-electron chi connectivity index (χ2n) is 5.85. The molecular formula is C18H23Cl2N3O3. The predicted molar refractivity (Wildman–Crippen MR) is 106 cm³/mol. The van der Waals surface area contributed by atoms with Gasteiger partial charge < -0.3 is 20.5 Å². The molecule has 1 fully saturated rings. The first-order chi connectivity index (χ1) is 11.6. The number of benzene rings is 1. The van der Waals surface area contributed by atoms with Gasteiger partial charge in [0.15, 0.2) is 0 Å². The SMILES string of the molecule is Cc1ccc(Oc2ccc(NC(=O)[C@@H]3CC[C@H](CN)O3)cn2)cc1.Cl.Cl. The average Bonchev–Trinajstić information content (AvgIpc) is 3.08. The van der Waals surface area contributed by atoms with Crippen molar-refractivity contribution in [3.63, 3.8) is 0 Å². The Bertz CT molecular complexity index is 696. The number of hydrogen-bond donors (Lipinski definition) is 2. The van der Waals surface area contributed by atoms with Crippen LogP contribution < -0.4 is 15.8 Å². The van der Waals surface area contributed by atoms with Crippen LogP contribution in [0.25, 0.3) is 0 Å². The molecule has 2 aromatic rings. The first kappa shape index (κ1) is 22.2. The zero-order chi connectivity index (χ0) is 16.9. The molecule has 0 aliphatic carbocycles.